The molecular formula is C27H46N2O5. The van der Waals surface area contributed by atoms with E-state index in [2.05, 4.69) is 56.9 Å². The van der Waals surface area contributed by atoms with Gasteiger partial charge in [0.1, 0.15) is 18.0 Å². The molecule has 0 fully saturated rings. The second-order valence-corrected chi connectivity index (χ2v) is 7.28. The fourth-order valence-electron chi connectivity index (χ4n) is 2.97. The first kappa shape index (κ1) is 33.6. The minimum atomic E-state index is -1.08. The zero-order valence-electron chi connectivity index (χ0n) is 22.4. The molecule has 0 aliphatic heterocycles. The van der Waals surface area contributed by atoms with Crippen LogP contribution >= 0.6 is 0 Å². The van der Waals surface area contributed by atoms with Crippen molar-refractivity contribution in [3.63, 3.8) is 0 Å². The standard InChI is InChI=1S/2C12H19NO.C2H4O2.CH4O/c2*1-4-13(5-2)10-11-6-8-12(14-3)9-7-11;1-2(3)4;1-2/h2*6-9H,4-5,10H2,1-3H3;1H3,(H,3,4);2H,1H3. The molecular weight excluding hydrogens is 432 g/mol. The van der Waals surface area contributed by atoms with Crippen LogP contribution in [0, 0.1) is 0 Å². The zero-order valence-corrected chi connectivity index (χ0v) is 22.4. The molecule has 7 nitrogen and oxygen atoms in total. The molecule has 0 unspecified atom stereocenters. The van der Waals surface area contributed by atoms with Gasteiger partial charge in [0.25, 0.3) is 0 Å². The lowest BCUT2D eigenvalue weighted by molar-refractivity contribution is -0.910. The van der Waals surface area contributed by atoms with Gasteiger partial charge in [0.2, 0.25) is 0 Å². The maximum Gasteiger partial charge on any atom is 0.118 e. The molecule has 0 aromatic heterocycles. The van der Waals surface area contributed by atoms with Gasteiger partial charge in [0, 0.05) is 25.2 Å². The van der Waals surface area contributed by atoms with Crippen molar-refractivity contribution in [3.05, 3.63) is 59.7 Å². The van der Waals surface area contributed by atoms with Gasteiger partial charge < -0.3 is 29.4 Å². The minimum Gasteiger partial charge on any atom is -0.550 e. The summed E-state index contributed by atoms with van der Waals surface area (Å²) in [6.07, 6.45) is 0. The third-order valence-electron chi connectivity index (χ3n) is 5.07. The third kappa shape index (κ3) is 16.9. The molecule has 0 bridgehead atoms. The van der Waals surface area contributed by atoms with Gasteiger partial charge in [-0.1, -0.05) is 26.0 Å². The van der Waals surface area contributed by atoms with Crippen LogP contribution < -0.4 is 19.5 Å². The lowest BCUT2D eigenvalue weighted by Gasteiger charge is -2.17. The van der Waals surface area contributed by atoms with E-state index in [-0.39, 0.29) is 0 Å². The first-order valence-corrected chi connectivity index (χ1v) is 11.8. The summed E-state index contributed by atoms with van der Waals surface area (Å²) < 4.78 is 10.2. The summed E-state index contributed by atoms with van der Waals surface area (Å²) >= 11 is 0. The number of ether oxygens (including phenoxy) is 2. The summed E-state index contributed by atoms with van der Waals surface area (Å²) in [7, 11) is 4.39. The highest BCUT2D eigenvalue weighted by Crippen LogP contribution is 2.12. The second-order valence-electron chi connectivity index (χ2n) is 7.28. The van der Waals surface area contributed by atoms with Crippen LogP contribution in [0.3, 0.4) is 0 Å². The number of benzene rings is 2. The van der Waals surface area contributed by atoms with Crippen molar-refractivity contribution in [1.29, 1.82) is 0 Å². The largest absolute Gasteiger partial charge is 0.550 e. The fraction of sp³-hybridized carbons (Fsp3) is 0.519. The number of carboxylic acids is 1. The Bertz CT molecular complexity index is 651. The number of hydrogen-bond acceptors (Lipinski definition) is 6. The number of hydrogen-bond donors (Lipinski definition) is 2. The molecule has 0 spiro atoms. The molecule has 34 heavy (non-hydrogen) atoms. The minimum absolute atomic E-state index is 0.924. The molecule has 2 aromatic carbocycles. The van der Waals surface area contributed by atoms with Crippen LogP contribution in [-0.4, -0.2) is 63.5 Å². The summed E-state index contributed by atoms with van der Waals surface area (Å²) in [5.41, 5.74) is 2.72. The van der Waals surface area contributed by atoms with Crippen LogP contribution in [0.15, 0.2) is 48.5 Å². The number of quaternary nitrogens is 1. The molecule has 0 saturated heterocycles. The molecule has 0 radical (unpaired) electrons. The number of carbonyl (C=O) groups is 1. The van der Waals surface area contributed by atoms with Crippen molar-refractivity contribution in [2.45, 2.75) is 47.7 Å². The summed E-state index contributed by atoms with van der Waals surface area (Å²) in [4.78, 5) is 12.9. The highest BCUT2D eigenvalue weighted by Gasteiger charge is 2.04. The zero-order chi connectivity index (χ0) is 26.4. The van der Waals surface area contributed by atoms with E-state index >= 15 is 0 Å². The number of aliphatic carboxylic acids is 1. The molecule has 2 N–H and O–H groups in total. The number of nitrogens with one attached hydrogen (secondary N) is 1. The van der Waals surface area contributed by atoms with Crippen molar-refractivity contribution in [1.82, 2.24) is 4.90 Å². The van der Waals surface area contributed by atoms with E-state index in [0.29, 0.717) is 0 Å². The number of methoxy groups -OCH3 is 2. The van der Waals surface area contributed by atoms with Crippen molar-refractivity contribution in [3.8, 4) is 11.5 Å². The molecule has 2 rings (SSSR count). The summed E-state index contributed by atoms with van der Waals surface area (Å²) in [5, 5.41) is 15.9. The number of carboxylic acid groups (broad SMARTS) is 1. The molecule has 0 amide bonds. The van der Waals surface area contributed by atoms with Crippen LogP contribution in [0.2, 0.25) is 0 Å². The van der Waals surface area contributed by atoms with Gasteiger partial charge in [0.05, 0.1) is 27.3 Å². The lowest BCUT2D eigenvalue weighted by Crippen LogP contribution is -3.10. The molecule has 2 aromatic rings. The van der Waals surface area contributed by atoms with Gasteiger partial charge in [-0.25, -0.2) is 0 Å². The molecule has 194 valence electrons. The van der Waals surface area contributed by atoms with Crippen molar-refractivity contribution in [2.24, 2.45) is 0 Å². The number of nitrogens with zero attached hydrogens (tertiary/aromatic N) is 1. The second kappa shape index (κ2) is 22.2. The summed E-state index contributed by atoms with van der Waals surface area (Å²) in [6.45, 7) is 16.5. The van der Waals surface area contributed by atoms with Gasteiger partial charge >= 0.3 is 0 Å². The van der Waals surface area contributed by atoms with E-state index in [0.717, 1.165) is 51.7 Å². The van der Waals surface area contributed by atoms with E-state index in [9.17, 15) is 0 Å². The van der Waals surface area contributed by atoms with Crippen LogP contribution in [-0.2, 0) is 17.9 Å². The smallest absolute Gasteiger partial charge is 0.118 e. The average molecular weight is 479 g/mol. The van der Waals surface area contributed by atoms with Crippen LogP contribution in [0.25, 0.3) is 0 Å². The van der Waals surface area contributed by atoms with Crippen molar-refractivity contribution in [2.75, 3.05) is 47.5 Å². The lowest BCUT2D eigenvalue weighted by atomic mass is 10.2. The van der Waals surface area contributed by atoms with Crippen LogP contribution in [0.1, 0.15) is 45.7 Å². The van der Waals surface area contributed by atoms with Gasteiger partial charge in [-0.3, -0.25) is 4.90 Å². The van der Waals surface area contributed by atoms with E-state index in [4.69, 9.17) is 24.5 Å². The fourth-order valence-corrected chi connectivity index (χ4v) is 2.97. The number of aliphatic hydroxyl groups excluding tert-OH is 1. The first-order chi connectivity index (χ1) is 16.3. The average Bonchev–Trinajstić information content (AvgIpc) is 2.87. The van der Waals surface area contributed by atoms with Gasteiger partial charge in [0.15, 0.2) is 0 Å². The highest BCUT2D eigenvalue weighted by atomic mass is 16.5. The summed E-state index contributed by atoms with van der Waals surface area (Å²) in [5.74, 6) is 0.775. The molecule has 0 saturated carbocycles. The topological polar surface area (TPSA) is 86.5 Å². The Morgan fingerprint density at radius 3 is 1.47 bits per heavy atom. The number of rotatable bonds is 10. The van der Waals surface area contributed by atoms with Crippen molar-refractivity contribution >= 4 is 5.97 Å². The Hall–Kier alpha value is -2.61. The van der Waals surface area contributed by atoms with E-state index in [1.165, 1.54) is 24.2 Å². The third-order valence-corrected chi connectivity index (χ3v) is 5.07. The predicted octanol–water partition coefficient (Wildman–Crippen LogP) is 2.02. The van der Waals surface area contributed by atoms with Crippen LogP contribution in [0.5, 0.6) is 11.5 Å². The van der Waals surface area contributed by atoms with Crippen molar-refractivity contribution < 1.29 is 29.4 Å². The van der Waals surface area contributed by atoms with E-state index in [1.807, 2.05) is 24.3 Å². The maximum atomic E-state index is 8.89. The van der Waals surface area contributed by atoms with Gasteiger partial charge in [-0.2, -0.15) is 0 Å². The molecule has 0 heterocycles. The van der Waals surface area contributed by atoms with Crippen LogP contribution in [0.4, 0.5) is 0 Å². The Morgan fingerprint density at radius 2 is 1.18 bits per heavy atom. The number of carbonyl (C=O) groups excluding carboxylic acids is 1. The first-order valence-electron chi connectivity index (χ1n) is 11.8. The van der Waals surface area contributed by atoms with E-state index in [1.54, 1.807) is 19.1 Å². The Labute approximate surface area is 206 Å². The number of aliphatic hydroxyl groups is 1. The van der Waals surface area contributed by atoms with E-state index < -0.39 is 5.97 Å². The highest BCUT2D eigenvalue weighted by molar-refractivity contribution is 5.60. The predicted molar refractivity (Wildman–Crippen MR) is 137 cm³/mol. The molecule has 0 aliphatic carbocycles. The SMILES string of the molecule is CC(=O)[O-].CCN(CC)Cc1ccc(OC)cc1.CC[NH+](CC)Cc1ccc(OC)cc1.CO. The van der Waals surface area contributed by atoms with Gasteiger partial charge in [-0.05, 0) is 75.8 Å². The monoisotopic (exact) mass is 478 g/mol. The Morgan fingerprint density at radius 1 is 0.824 bits per heavy atom. The normalized spacial score (nSPS) is 9.62. The van der Waals surface area contributed by atoms with Gasteiger partial charge in [-0.15, -0.1) is 0 Å². The molecule has 0 aliphatic rings. The maximum absolute atomic E-state index is 8.89. The quantitative estimate of drug-likeness (QED) is 0.543. The summed E-state index contributed by atoms with van der Waals surface area (Å²) in [6, 6.07) is 16.6. The molecule has 0 atom stereocenters. The molecule has 7 heteroatoms. The Kier molecular flexibility index (Phi) is 21.9. The Balaban J connectivity index is 0.